The van der Waals surface area contributed by atoms with E-state index in [4.69, 9.17) is 10.3 Å². The lowest BCUT2D eigenvalue weighted by atomic mass is 10.1. The number of aryl methyl sites for hydroxylation is 1. The summed E-state index contributed by atoms with van der Waals surface area (Å²) in [6, 6.07) is 7.97. The highest BCUT2D eigenvalue weighted by Gasteiger charge is 2.20. The van der Waals surface area contributed by atoms with Crippen LogP contribution in [-0.4, -0.2) is 11.7 Å². The molecule has 0 radical (unpaired) electrons. The second-order valence-corrected chi connectivity index (χ2v) is 5.51. The summed E-state index contributed by atoms with van der Waals surface area (Å²) in [5, 5.41) is 3.40. The maximum absolute atomic E-state index is 11.6. The standard InChI is InChI=1S/C13H16BrN3O2/c1-13(2,16-17-15)19-12(18)5-3-4-10-6-8-11(14)9-7-10/h6-9H,3-5H2,1-2H3. The summed E-state index contributed by atoms with van der Waals surface area (Å²) < 4.78 is 6.10. The Morgan fingerprint density at radius 1 is 1.42 bits per heavy atom. The quantitative estimate of drug-likeness (QED) is 0.337. The summed E-state index contributed by atoms with van der Waals surface area (Å²) in [5.74, 6) is -0.352. The van der Waals surface area contributed by atoms with Crippen molar-refractivity contribution in [1.82, 2.24) is 0 Å². The molecular weight excluding hydrogens is 310 g/mol. The highest BCUT2D eigenvalue weighted by Crippen LogP contribution is 2.15. The Labute approximate surface area is 120 Å². The molecule has 19 heavy (non-hydrogen) atoms. The summed E-state index contributed by atoms with van der Waals surface area (Å²) in [4.78, 5) is 14.2. The average Bonchev–Trinajstić information content (AvgIpc) is 2.30. The van der Waals surface area contributed by atoms with Gasteiger partial charge in [-0.3, -0.25) is 4.79 Å². The molecule has 0 saturated heterocycles. The van der Waals surface area contributed by atoms with Gasteiger partial charge in [0.1, 0.15) is 0 Å². The van der Waals surface area contributed by atoms with Crippen LogP contribution in [0.3, 0.4) is 0 Å². The SMILES string of the molecule is CC(C)(N=[N+]=[N-])OC(=O)CCCc1ccc(Br)cc1. The summed E-state index contributed by atoms with van der Waals surface area (Å²) in [6.07, 6.45) is 1.82. The van der Waals surface area contributed by atoms with Gasteiger partial charge in [-0.1, -0.05) is 28.1 Å². The maximum atomic E-state index is 11.6. The van der Waals surface area contributed by atoms with E-state index in [2.05, 4.69) is 26.0 Å². The lowest BCUT2D eigenvalue weighted by molar-refractivity contribution is -0.155. The topological polar surface area (TPSA) is 75.1 Å². The van der Waals surface area contributed by atoms with Crippen molar-refractivity contribution in [2.75, 3.05) is 0 Å². The Kier molecular flexibility index (Phi) is 5.86. The van der Waals surface area contributed by atoms with E-state index in [1.807, 2.05) is 24.3 Å². The number of esters is 1. The Hall–Kier alpha value is -1.52. The van der Waals surface area contributed by atoms with Crippen molar-refractivity contribution in [3.8, 4) is 0 Å². The summed E-state index contributed by atoms with van der Waals surface area (Å²) in [6.45, 7) is 3.11. The number of carbonyl (C=O) groups excluding carboxylic acids is 1. The monoisotopic (exact) mass is 325 g/mol. The van der Waals surface area contributed by atoms with Crippen LogP contribution in [0.4, 0.5) is 0 Å². The van der Waals surface area contributed by atoms with E-state index in [-0.39, 0.29) is 5.97 Å². The lowest BCUT2D eigenvalue weighted by Gasteiger charge is -2.18. The first-order valence-corrected chi connectivity index (χ1v) is 6.75. The van der Waals surface area contributed by atoms with Crippen LogP contribution in [-0.2, 0) is 16.0 Å². The van der Waals surface area contributed by atoms with Crippen LogP contribution >= 0.6 is 15.9 Å². The molecule has 0 aliphatic rings. The fourth-order valence-corrected chi connectivity index (χ4v) is 1.81. The third kappa shape index (κ3) is 6.27. The van der Waals surface area contributed by atoms with Gasteiger partial charge in [0.15, 0.2) is 5.72 Å². The number of hydrogen-bond donors (Lipinski definition) is 0. The van der Waals surface area contributed by atoms with Gasteiger partial charge < -0.3 is 4.74 Å². The molecule has 0 heterocycles. The van der Waals surface area contributed by atoms with E-state index in [9.17, 15) is 4.79 Å². The molecule has 0 spiro atoms. The molecular formula is C13H16BrN3O2. The van der Waals surface area contributed by atoms with Gasteiger partial charge in [-0.25, -0.2) is 0 Å². The minimum absolute atomic E-state index is 0.306. The molecule has 0 bridgehead atoms. The fraction of sp³-hybridized carbons (Fsp3) is 0.462. The smallest absolute Gasteiger partial charge is 0.306 e. The van der Waals surface area contributed by atoms with E-state index in [0.717, 1.165) is 10.9 Å². The third-order valence-corrected chi connectivity index (χ3v) is 2.94. The van der Waals surface area contributed by atoms with E-state index < -0.39 is 5.72 Å². The lowest BCUT2D eigenvalue weighted by Crippen LogP contribution is -2.24. The first-order chi connectivity index (χ1) is 8.93. The molecule has 0 aromatic heterocycles. The first-order valence-electron chi connectivity index (χ1n) is 5.95. The van der Waals surface area contributed by atoms with Crippen molar-refractivity contribution in [1.29, 1.82) is 0 Å². The zero-order chi connectivity index (χ0) is 14.3. The van der Waals surface area contributed by atoms with Crippen LogP contribution in [0.25, 0.3) is 10.4 Å². The van der Waals surface area contributed by atoms with Crippen LogP contribution in [0.2, 0.25) is 0 Å². The molecule has 1 aromatic carbocycles. The summed E-state index contributed by atoms with van der Waals surface area (Å²) >= 11 is 3.37. The highest BCUT2D eigenvalue weighted by molar-refractivity contribution is 9.10. The molecule has 1 aromatic rings. The van der Waals surface area contributed by atoms with Crippen LogP contribution < -0.4 is 0 Å². The molecule has 0 atom stereocenters. The van der Waals surface area contributed by atoms with Gasteiger partial charge in [-0.2, -0.15) is 0 Å². The molecule has 5 nitrogen and oxygen atoms in total. The molecule has 0 aliphatic carbocycles. The Bertz CT molecular complexity index is 479. The Morgan fingerprint density at radius 2 is 2.05 bits per heavy atom. The molecule has 1 rings (SSSR count). The molecule has 0 N–H and O–H groups in total. The third-order valence-electron chi connectivity index (χ3n) is 2.41. The molecule has 0 fully saturated rings. The predicted molar refractivity (Wildman–Crippen MR) is 76.4 cm³/mol. The van der Waals surface area contributed by atoms with E-state index in [1.54, 1.807) is 13.8 Å². The van der Waals surface area contributed by atoms with Crippen LogP contribution in [0, 0.1) is 0 Å². The molecule has 102 valence electrons. The first kappa shape index (κ1) is 15.5. The minimum Gasteiger partial charge on any atom is -0.453 e. The van der Waals surface area contributed by atoms with Crippen molar-refractivity contribution in [3.05, 3.63) is 44.7 Å². The van der Waals surface area contributed by atoms with Crippen molar-refractivity contribution in [3.63, 3.8) is 0 Å². The number of nitrogens with zero attached hydrogens (tertiary/aromatic N) is 3. The van der Waals surface area contributed by atoms with Gasteiger partial charge in [0, 0.05) is 15.8 Å². The van der Waals surface area contributed by atoms with Crippen molar-refractivity contribution < 1.29 is 9.53 Å². The van der Waals surface area contributed by atoms with Crippen molar-refractivity contribution in [2.45, 2.75) is 38.8 Å². The van der Waals surface area contributed by atoms with Gasteiger partial charge >= 0.3 is 5.97 Å². The maximum Gasteiger partial charge on any atom is 0.306 e. The van der Waals surface area contributed by atoms with Gasteiger partial charge in [-0.15, -0.1) is 0 Å². The molecule has 0 amide bonds. The molecule has 0 saturated carbocycles. The largest absolute Gasteiger partial charge is 0.453 e. The fourth-order valence-electron chi connectivity index (χ4n) is 1.55. The summed E-state index contributed by atoms with van der Waals surface area (Å²) in [5.41, 5.74) is 8.38. The number of benzene rings is 1. The molecule has 0 aliphatic heterocycles. The number of azide groups is 1. The highest BCUT2D eigenvalue weighted by atomic mass is 79.9. The Morgan fingerprint density at radius 3 is 2.63 bits per heavy atom. The number of halogens is 1. The predicted octanol–water partition coefficient (Wildman–Crippen LogP) is 4.36. The second kappa shape index (κ2) is 7.16. The zero-order valence-corrected chi connectivity index (χ0v) is 12.6. The minimum atomic E-state index is -1.12. The molecule has 6 heteroatoms. The van der Waals surface area contributed by atoms with Crippen molar-refractivity contribution in [2.24, 2.45) is 5.11 Å². The zero-order valence-electron chi connectivity index (χ0n) is 11.0. The van der Waals surface area contributed by atoms with Gasteiger partial charge in [-0.05, 0) is 55.0 Å². The normalized spacial score (nSPS) is 10.7. The van der Waals surface area contributed by atoms with Crippen LogP contribution in [0.15, 0.2) is 33.9 Å². The van der Waals surface area contributed by atoms with Crippen LogP contribution in [0.5, 0.6) is 0 Å². The van der Waals surface area contributed by atoms with E-state index in [1.165, 1.54) is 5.56 Å². The van der Waals surface area contributed by atoms with E-state index in [0.29, 0.717) is 12.8 Å². The summed E-state index contributed by atoms with van der Waals surface area (Å²) in [7, 11) is 0. The van der Waals surface area contributed by atoms with Gasteiger partial charge in [0.25, 0.3) is 0 Å². The van der Waals surface area contributed by atoms with Crippen molar-refractivity contribution >= 4 is 21.9 Å². The number of ether oxygens (including phenoxy) is 1. The molecule has 0 unspecified atom stereocenters. The number of carbonyl (C=O) groups is 1. The van der Waals surface area contributed by atoms with Gasteiger partial charge in [0.05, 0.1) is 0 Å². The van der Waals surface area contributed by atoms with Crippen LogP contribution in [0.1, 0.15) is 32.3 Å². The van der Waals surface area contributed by atoms with Gasteiger partial charge in [0.2, 0.25) is 0 Å². The number of rotatable bonds is 6. The second-order valence-electron chi connectivity index (χ2n) is 4.59. The van der Waals surface area contributed by atoms with E-state index >= 15 is 0 Å². The number of hydrogen-bond acceptors (Lipinski definition) is 3. The average molecular weight is 326 g/mol. The Balaban J connectivity index is 2.35.